The Morgan fingerprint density at radius 1 is 0.769 bits per heavy atom. The molecule has 0 saturated carbocycles. The van der Waals surface area contributed by atoms with Crippen LogP contribution in [0.4, 0.5) is 0 Å². The summed E-state index contributed by atoms with van der Waals surface area (Å²) in [7, 11) is 0. The molecule has 0 spiro atoms. The predicted molar refractivity (Wildman–Crippen MR) is 40.9 cm³/mol. The van der Waals surface area contributed by atoms with Crippen molar-refractivity contribution in [3.05, 3.63) is 0 Å². The molecule has 6 heteroatoms. The molecule has 1 aliphatic rings. The molecule has 0 radical (unpaired) electrons. The summed E-state index contributed by atoms with van der Waals surface area (Å²) in [6.45, 7) is -0.942. The third-order valence-corrected chi connectivity index (χ3v) is 2.17. The van der Waals surface area contributed by atoms with Gasteiger partial charge in [0, 0.05) is 0 Å². The average molecular weight is 194 g/mol. The Balaban J connectivity index is 2.66. The first-order chi connectivity index (χ1) is 6.11. The highest BCUT2D eigenvalue weighted by Crippen LogP contribution is 2.20. The second-order valence-electron chi connectivity index (χ2n) is 3.05. The quantitative estimate of drug-likeness (QED) is 0.317. The minimum atomic E-state index is -1.40. The zero-order valence-electron chi connectivity index (χ0n) is 6.95. The molecule has 0 aromatic carbocycles. The van der Waals surface area contributed by atoms with Crippen LogP contribution in [0.15, 0.2) is 0 Å². The first-order valence-electron chi connectivity index (χ1n) is 4.03. The molecule has 13 heavy (non-hydrogen) atoms. The van der Waals surface area contributed by atoms with E-state index in [4.69, 9.17) is 14.9 Å². The lowest BCUT2D eigenvalue weighted by Crippen LogP contribution is -2.59. The van der Waals surface area contributed by atoms with Gasteiger partial charge in [0.25, 0.3) is 0 Å². The van der Waals surface area contributed by atoms with E-state index in [0.29, 0.717) is 0 Å². The van der Waals surface area contributed by atoms with Crippen molar-refractivity contribution >= 4 is 0 Å². The number of rotatable bonds is 2. The van der Waals surface area contributed by atoms with Crippen molar-refractivity contribution in [2.45, 2.75) is 30.5 Å². The SMILES string of the molecule is OCC1O[C@@H](CO)C(O)C(O)[C@@H]1O. The van der Waals surface area contributed by atoms with Crippen LogP contribution in [-0.4, -0.2) is 69.3 Å². The third-order valence-electron chi connectivity index (χ3n) is 2.17. The van der Waals surface area contributed by atoms with E-state index in [9.17, 15) is 15.3 Å². The van der Waals surface area contributed by atoms with Gasteiger partial charge in [-0.25, -0.2) is 0 Å². The molecule has 1 aliphatic heterocycles. The van der Waals surface area contributed by atoms with Crippen LogP contribution in [-0.2, 0) is 4.74 Å². The minimum absolute atomic E-state index is 0.471. The van der Waals surface area contributed by atoms with Crippen LogP contribution in [0.5, 0.6) is 0 Å². The lowest BCUT2D eigenvalue weighted by atomic mass is 9.95. The second-order valence-corrected chi connectivity index (χ2v) is 3.05. The van der Waals surface area contributed by atoms with Crippen molar-refractivity contribution in [3.8, 4) is 0 Å². The van der Waals surface area contributed by atoms with Crippen molar-refractivity contribution in [3.63, 3.8) is 0 Å². The van der Waals surface area contributed by atoms with Gasteiger partial charge in [0.05, 0.1) is 13.2 Å². The summed E-state index contributed by atoms with van der Waals surface area (Å²) in [5.74, 6) is 0. The molecule has 0 aromatic rings. The molecular formula is C7H14O6. The highest BCUT2D eigenvalue weighted by molar-refractivity contribution is 4.91. The number of hydrogen-bond donors (Lipinski definition) is 5. The molecule has 78 valence electrons. The van der Waals surface area contributed by atoms with Gasteiger partial charge in [-0.3, -0.25) is 0 Å². The zero-order chi connectivity index (χ0) is 10.0. The molecule has 5 N–H and O–H groups in total. The summed E-state index contributed by atoms with van der Waals surface area (Å²) in [6, 6.07) is 0. The first kappa shape index (κ1) is 10.8. The lowest BCUT2D eigenvalue weighted by molar-refractivity contribution is -0.235. The summed E-state index contributed by atoms with van der Waals surface area (Å²) in [4.78, 5) is 0. The Kier molecular flexibility index (Phi) is 3.60. The number of hydrogen-bond acceptors (Lipinski definition) is 6. The van der Waals surface area contributed by atoms with E-state index in [1.54, 1.807) is 0 Å². The summed E-state index contributed by atoms with van der Waals surface area (Å²) in [5, 5.41) is 45.2. The van der Waals surface area contributed by atoms with E-state index in [-0.39, 0.29) is 0 Å². The van der Waals surface area contributed by atoms with Crippen molar-refractivity contribution in [2.75, 3.05) is 13.2 Å². The van der Waals surface area contributed by atoms with Crippen LogP contribution in [0.2, 0.25) is 0 Å². The highest BCUT2D eigenvalue weighted by atomic mass is 16.6. The maximum absolute atomic E-state index is 9.25. The van der Waals surface area contributed by atoms with E-state index < -0.39 is 43.7 Å². The zero-order valence-corrected chi connectivity index (χ0v) is 6.95. The molecule has 3 unspecified atom stereocenters. The van der Waals surface area contributed by atoms with Gasteiger partial charge in [0.15, 0.2) is 0 Å². The molecule has 1 saturated heterocycles. The maximum atomic E-state index is 9.25. The Morgan fingerprint density at radius 2 is 1.15 bits per heavy atom. The van der Waals surface area contributed by atoms with Crippen molar-refractivity contribution < 1.29 is 30.3 Å². The Hall–Kier alpha value is -0.240. The molecule has 0 aliphatic carbocycles. The van der Waals surface area contributed by atoms with E-state index in [1.165, 1.54) is 0 Å². The Morgan fingerprint density at radius 3 is 1.46 bits per heavy atom. The molecule has 1 fully saturated rings. The maximum Gasteiger partial charge on any atom is 0.111 e. The van der Waals surface area contributed by atoms with Crippen LogP contribution in [0.1, 0.15) is 0 Å². The van der Waals surface area contributed by atoms with Gasteiger partial charge in [-0.15, -0.1) is 0 Å². The third kappa shape index (κ3) is 1.98. The standard InChI is InChI=1S/C7H14O6/c8-1-3-5(10)7(12)6(11)4(2-9)13-3/h3-12H,1-2H2/t3-,4?,5?,6+,7?/m0/s1. The summed E-state index contributed by atoms with van der Waals surface area (Å²) < 4.78 is 4.92. The van der Waals surface area contributed by atoms with Gasteiger partial charge in [-0.1, -0.05) is 0 Å². The number of aliphatic hydroxyl groups excluding tert-OH is 5. The van der Waals surface area contributed by atoms with Gasteiger partial charge in [0.1, 0.15) is 30.5 Å². The van der Waals surface area contributed by atoms with Crippen molar-refractivity contribution in [2.24, 2.45) is 0 Å². The highest BCUT2D eigenvalue weighted by Gasteiger charge is 2.42. The van der Waals surface area contributed by atoms with E-state index in [2.05, 4.69) is 0 Å². The Bertz CT molecular complexity index is 143. The normalized spacial score (nSPS) is 46.4. The van der Waals surface area contributed by atoms with Gasteiger partial charge in [0.2, 0.25) is 0 Å². The van der Waals surface area contributed by atoms with Crippen molar-refractivity contribution in [1.82, 2.24) is 0 Å². The minimum Gasteiger partial charge on any atom is -0.394 e. The fraction of sp³-hybridized carbons (Fsp3) is 1.00. The predicted octanol–water partition coefficient (Wildman–Crippen LogP) is -3.18. The molecule has 1 rings (SSSR count). The van der Waals surface area contributed by atoms with Crippen LogP contribution in [0, 0.1) is 0 Å². The first-order valence-corrected chi connectivity index (χ1v) is 4.03. The van der Waals surface area contributed by atoms with Gasteiger partial charge in [-0.2, -0.15) is 0 Å². The monoisotopic (exact) mass is 194 g/mol. The number of ether oxygens (including phenoxy) is 1. The fourth-order valence-corrected chi connectivity index (χ4v) is 1.33. The summed E-state index contributed by atoms with van der Waals surface area (Å²) in [6.07, 6.45) is -5.99. The van der Waals surface area contributed by atoms with E-state index >= 15 is 0 Å². The van der Waals surface area contributed by atoms with Gasteiger partial charge >= 0.3 is 0 Å². The molecule has 1 heterocycles. The van der Waals surface area contributed by atoms with Crippen LogP contribution >= 0.6 is 0 Å². The summed E-state index contributed by atoms with van der Waals surface area (Å²) in [5.41, 5.74) is 0. The smallest absolute Gasteiger partial charge is 0.111 e. The van der Waals surface area contributed by atoms with Gasteiger partial charge in [-0.05, 0) is 0 Å². The molecule has 6 nitrogen and oxygen atoms in total. The topological polar surface area (TPSA) is 110 Å². The molecule has 0 aromatic heterocycles. The fourth-order valence-electron chi connectivity index (χ4n) is 1.33. The Labute approximate surface area is 75.0 Å². The molecule has 0 amide bonds. The van der Waals surface area contributed by atoms with Crippen LogP contribution in [0.3, 0.4) is 0 Å². The molecule has 0 bridgehead atoms. The summed E-state index contributed by atoms with van der Waals surface area (Å²) >= 11 is 0. The second kappa shape index (κ2) is 4.32. The molecular weight excluding hydrogens is 180 g/mol. The lowest BCUT2D eigenvalue weighted by Gasteiger charge is -2.39. The van der Waals surface area contributed by atoms with Crippen LogP contribution < -0.4 is 0 Å². The largest absolute Gasteiger partial charge is 0.394 e. The van der Waals surface area contributed by atoms with Gasteiger partial charge < -0.3 is 30.3 Å². The molecule has 5 atom stereocenters. The average Bonchev–Trinajstić information content (AvgIpc) is 2.15. The van der Waals surface area contributed by atoms with E-state index in [1.807, 2.05) is 0 Å². The van der Waals surface area contributed by atoms with E-state index in [0.717, 1.165) is 0 Å². The number of aliphatic hydroxyl groups is 5. The van der Waals surface area contributed by atoms with Crippen molar-refractivity contribution in [1.29, 1.82) is 0 Å². The van der Waals surface area contributed by atoms with Crippen LogP contribution in [0.25, 0.3) is 0 Å².